The van der Waals surface area contributed by atoms with Crippen LogP contribution in [0.25, 0.3) is 0 Å². The summed E-state index contributed by atoms with van der Waals surface area (Å²) in [7, 11) is 1.63. The first kappa shape index (κ1) is 18.0. The number of hydrogen-bond acceptors (Lipinski definition) is 6. The van der Waals surface area contributed by atoms with E-state index < -0.39 is 5.97 Å². The summed E-state index contributed by atoms with van der Waals surface area (Å²) in [5.74, 6) is 1.07. The zero-order chi connectivity index (χ0) is 18.7. The van der Waals surface area contributed by atoms with Crippen LogP contribution in [0.15, 0.2) is 24.3 Å². The van der Waals surface area contributed by atoms with Crippen LogP contribution in [0, 0.1) is 19.8 Å². The Morgan fingerprint density at radius 1 is 1.23 bits per heavy atom. The molecule has 1 aromatic carbocycles. The van der Waals surface area contributed by atoms with Crippen molar-refractivity contribution in [3.05, 3.63) is 35.5 Å². The number of ether oxygens (including phenoxy) is 1. The van der Waals surface area contributed by atoms with Crippen molar-refractivity contribution in [2.75, 3.05) is 30.4 Å². The molecule has 0 saturated carbocycles. The molecule has 26 heavy (non-hydrogen) atoms. The van der Waals surface area contributed by atoms with Gasteiger partial charge in [-0.25, -0.2) is 4.98 Å². The molecule has 0 spiro atoms. The fourth-order valence-electron chi connectivity index (χ4n) is 3.17. The third-order valence-corrected chi connectivity index (χ3v) is 4.61. The number of aliphatic carboxylic acids is 1. The lowest BCUT2D eigenvalue weighted by Gasteiger charge is -2.31. The molecule has 138 valence electrons. The summed E-state index contributed by atoms with van der Waals surface area (Å²) in [4.78, 5) is 22.4. The molecule has 7 heteroatoms. The predicted molar refractivity (Wildman–Crippen MR) is 100 cm³/mol. The summed E-state index contributed by atoms with van der Waals surface area (Å²) >= 11 is 0. The van der Waals surface area contributed by atoms with E-state index in [2.05, 4.69) is 20.2 Å². The van der Waals surface area contributed by atoms with Crippen LogP contribution in [0.5, 0.6) is 5.75 Å². The number of benzene rings is 1. The van der Waals surface area contributed by atoms with Gasteiger partial charge in [0, 0.05) is 24.8 Å². The molecule has 3 rings (SSSR count). The number of anilines is 3. The number of nitrogens with zero attached hydrogens (tertiary/aromatic N) is 3. The highest BCUT2D eigenvalue weighted by atomic mass is 16.5. The van der Waals surface area contributed by atoms with E-state index in [4.69, 9.17) is 9.84 Å². The lowest BCUT2D eigenvalue weighted by molar-refractivity contribution is -0.142. The lowest BCUT2D eigenvalue weighted by Crippen LogP contribution is -2.36. The number of piperidine rings is 1. The van der Waals surface area contributed by atoms with Crippen LogP contribution < -0.4 is 15.0 Å². The van der Waals surface area contributed by atoms with Gasteiger partial charge in [0.1, 0.15) is 11.6 Å². The molecule has 0 amide bonds. The monoisotopic (exact) mass is 356 g/mol. The third kappa shape index (κ3) is 4.04. The maximum atomic E-state index is 11.1. The highest BCUT2D eigenvalue weighted by Crippen LogP contribution is 2.29. The lowest BCUT2D eigenvalue weighted by atomic mass is 9.97. The molecule has 1 aliphatic heterocycles. The molecule has 0 unspecified atom stereocenters. The van der Waals surface area contributed by atoms with Gasteiger partial charge in [0.25, 0.3) is 0 Å². The van der Waals surface area contributed by atoms with Crippen molar-refractivity contribution in [1.29, 1.82) is 0 Å². The van der Waals surface area contributed by atoms with Gasteiger partial charge in [-0.1, -0.05) is 6.07 Å². The molecule has 0 atom stereocenters. The van der Waals surface area contributed by atoms with Gasteiger partial charge in [0.05, 0.1) is 18.7 Å². The molecule has 7 nitrogen and oxygen atoms in total. The summed E-state index contributed by atoms with van der Waals surface area (Å²) in [6.45, 7) is 5.30. The molecule has 0 bridgehead atoms. The fourth-order valence-corrected chi connectivity index (χ4v) is 3.17. The van der Waals surface area contributed by atoms with Gasteiger partial charge in [-0.2, -0.15) is 4.98 Å². The second-order valence-electron chi connectivity index (χ2n) is 6.62. The van der Waals surface area contributed by atoms with Crippen molar-refractivity contribution in [2.24, 2.45) is 5.92 Å². The molecule has 1 fully saturated rings. The minimum atomic E-state index is -0.711. The summed E-state index contributed by atoms with van der Waals surface area (Å²) in [6, 6.07) is 7.81. The topological polar surface area (TPSA) is 87.6 Å². The van der Waals surface area contributed by atoms with Crippen molar-refractivity contribution in [2.45, 2.75) is 26.7 Å². The Balaban J connectivity index is 1.81. The highest BCUT2D eigenvalue weighted by molar-refractivity contribution is 5.70. The van der Waals surface area contributed by atoms with E-state index in [0.29, 0.717) is 31.9 Å². The standard InChI is InChI=1S/C19H24N4O3/c1-12-4-5-16(26-3)15(10-12)21-19-20-13(2)11-17(22-19)23-8-6-14(7-9-23)18(24)25/h4-5,10-11,14H,6-9H2,1-3H3,(H,24,25)(H,20,21,22). The highest BCUT2D eigenvalue weighted by Gasteiger charge is 2.25. The Bertz CT molecular complexity index is 801. The summed E-state index contributed by atoms with van der Waals surface area (Å²) < 4.78 is 5.40. The molecule has 2 aromatic rings. The van der Waals surface area contributed by atoms with E-state index in [1.165, 1.54) is 0 Å². The van der Waals surface area contributed by atoms with Gasteiger partial charge >= 0.3 is 5.97 Å². The maximum absolute atomic E-state index is 11.1. The first-order valence-electron chi connectivity index (χ1n) is 8.71. The third-order valence-electron chi connectivity index (χ3n) is 4.61. The Labute approximate surface area is 153 Å². The number of methoxy groups -OCH3 is 1. The number of carbonyl (C=O) groups is 1. The summed E-state index contributed by atoms with van der Waals surface area (Å²) in [5, 5.41) is 12.4. The van der Waals surface area contributed by atoms with Crippen LogP contribution in [0.2, 0.25) is 0 Å². The van der Waals surface area contributed by atoms with Gasteiger partial charge < -0.3 is 20.1 Å². The largest absolute Gasteiger partial charge is 0.495 e. The van der Waals surface area contributed by atoms with Crippen LogP contribution >= 0.6 is 0 Å². The molecular weight excluding hydrogens is 332 g/mol. The van der Waals surface area contributed by atoms with E-state index in [0.717, 1.165) is 28.5 Å². The van der Waals surface area contributed by atoms with Gasteiger partial charge in [0.15, 0.2) is 0 Å². The van der Waals surface area contributed by atoms with Crippen molar-refractivity contribution < 1.29 is 14.6 Å². The van der Waals surface area contributed by atoms with Crippen molar-refractivity contribution in [3.8, 4) is 5.75 Å². The summed E-state index contributed by atoms with van der Waals surface area (Å²) in [6.07, 6.45) is 1.26. The van der Waals surface area contributed by atoms with Gasteiger partial charge in [-0.3, -0.25) is 4.79 Å². The Kier molecular flexibility index (Phi) is 5.25. The SMILES string of the molecule is COc1ccc(C)cc1Nc1nc(C)cc(N2CCC(C(=O)O)CC2)n1. The molecule has 1 aliphatic rings. The van der Waals surface area contributed by atoms with Gasteiger partial charge in [0.2, 0.25) is 5.95 Å². The minimum Gasteiger partial charge on any atom is -0.495 e. The van der Waals surface area contributed by atoms with Crippen molar-refractivity contribution >= 4 is 23.4 Å². The molecule has 2 heterocycles. The first-order valence-corrected chi connectivity index (χ1v) is 8.71. The number of nitrogens with one attached hydrogen (secondary N) is 1. The van der Waals surface area contributed by atoms with Crippen molar-refractivity contribution in [1.82, 2.24) is 9.97 Å². The molecular formula is C19H24N4O3. The predicted octanol–water partition coefficient (Wildman–Crippen LogP) is 3.15. The zero-order valence-corrected chi connectivity index (χ0v) is 15.3. The maximum Gasteiger partial charge on any atom is 0.306 e. The molecule has 1 saturated heterocycles. The number of aromatic nitrogens is 2. The number of rotatable bonds is 5. The normalized spacial score (nSPS) is 15.0. The average molecular weight is 356 g/mol. The van der Waals surface area contributed by atoms with E-state index in [1.807, 2.05) is 38.1 Å². The van der Waals surface area contributed by atoms with Crippen molar-refractivity contribution in [3.63, 3.8) is 0 Å². The van der Waals surface area contributed by atoms with Crippen LogP contribution in [0.4, 0.5) is 17.5 Å². The number of carboxylic acid groups (broad SMARTS) is 1. The first-order chi connectivity index (χ1) is 12.5. The Hall–Kier alpha value is -2.83. The van der Waals surface area contributed by atoms with E-state index >= 15 is 0 Å². The minimum absolute atomic E-state index is 0.261. The summed E-state index contributed by atoms with van der Waals surface area (Å²) in [5.41, 5.74) is 2.77. The van der Waals surface area contributed by atoms with Crippen LogP contribution in [0.3, 0.4) is 0 Å². The van der Waals surface area contributed by atoms with Crippen LogP contribution in [0.1, 0.15) is 24.1 Å². The van der Waals surface area contributed by atoms with E-state index in [-0.39, 0.29) is 5.92 Å². The molecule has 0 radical (unpaired) electrons. The second-order valence-corrected chi connectivity index (χ2v) is 6.62. The zero-order valence-electron chi connectivity index (χ0n) is 15.3. The fraction of sp³-hybridized carbons (Fsp3) is 0.421. The molecule has 2 N–H and O–H groups in total. The number of aryl methyl sites for hydroxylation is 2. The Morgan fingerprint density at radius 2 is 1.96 bits per heavy atom. The molecule has 1 aromatic heterocycles. The molecule has 0 aliphatic carbocycles. The second kappa shape index (κ2) is 7.59. The number of hydrogen-bond donors (Lipinski definition) is 2. The quantitative estimate of drug-likeness (QED) is 0.851. The van der Waals surface area contributed by atoms with E-state index in [1.54, 1.807) is 7.11 Å². The average Bonchev–Trinajstić information content (AvgIpc) is 2.61. The van der Waals surface area contributed by atoms with Gasteiger partial charge in [-0.05, 0) is 44.4 Å². The number of carboxylic acids is 1. The van der Waals surface area contributed by atoms with Crippen LogP contribution in [-0.4, -0.2) is 41.2 Å². The van der Waals surface area contributed by atoms with Gasteiger partial charge in [-0.15, -0.1) is 0 Å². The van der Waals surface area contributed by atoms with E-state index in [9.17, 15) is 4.79 Å². The smallest absolute Gasteiger partial charge is 0.306 e. The van der Waals surface area contributed by atoms with Crippen LogP contribution in [-0.2, 0) is 4.79 Å². The Morgan fingerprint density at radius 3 is 2.62 bits per heavy atom.